The van der Waals surface area contributed by atoms with E-state index < -0.39 is 0 Å². The summed E-state index contributed by atoms with van der Waals surface area (Å²) < 4.78 is 5.53. The van der Waals surface area contributed by atoms with E-state index in [1.807, 2.05) is 19.0 Å². The highest BCUT2D eigenvalue weighted by atomic mass is 16.5. The van der Waals surface area contributed by atoms with Crippen LogP contribution < -0.4 is 20.3 Å². The Hall–Kier alpha value is -2.80. The summed E-state index contributed by atoms with van der Waals surface area (Å²) in [6, 6.07) is 8.76. The molecule has 2 aliphatic rings. The van der Waals surface area contributed by atoms with Gasteiger partial charge in [0.05, 0.1) is 18.9 Å². The number of hydrogen-bond acceptors (Lipinski definition) is 6. The molecule has 1 N–H and O–H groups in total. The molecule has 7 nitrogen and oxygen atoms in total. The molecule has 1 aliphatic carbocycles. The van der Waals surface area contributed by atoms with Crippen LogP contribution in [0.15, 0.2) is 35.6 Å². The number of ether oxygens (including phenoxy) is 1. The zero-order valence-electron chi connectivity index (χ0n) is 21.7. The summed E-state index contributed by atoms with van der Waals surface area (Å²) in [5.41, 5.74) is 4.56. The van der Waals surface area contributed by atoms with Gasteiger partial charge in [0.15, 0.2) is 0 Å². The molecule has 1 aromatic heterocycles. The molecule has 0 unspecified atom stereocenters. The molecule has 0 spiro atoms. The molecule has 35 heavy (non-hydrogen) atoms. The Bertz CT molecular complexity index is 1050. The Morgan fingerprint density at radius 2 is 1.97 bits per heavy atom. The largest absolute Gasteiger partial charge is 0.378 e. The minimum Gasteiger partial charge on any atom is -0.378 e. The molecule has 1 aromatic carbocycles. The first kappa shape index (κ1) is 25.3. The van der Waals surface area contributed by atoms with E-state index in [0.29, 0.717) is 29.8 Å². The molecule has 1 saturated heterocycles. The van der Waals surface area contributed by atoms with Crippen molar-refractivity contribution in [3.63, 3.8) is 0 Å². The van der Waals surface area contributed by atoms with Gasteiger partial charge in [-0.25, -0.2) is 4.98 Å². The summed E-state index contributed by atoms with van der Waals surface area (Å²) in [4.78, 5) is 27.9. The number of hydrogen-bond donors (Lipinski definition) is 1. The highest BCUT2D eigenvalue weighted by Crippen LogP contribution is 2.30. The molecular weight excluding hydrogens is 438 g/mol. The molecule has 7 heteroatoms. The predicted octanol–water partition coefficient (Wildman–Crippen LogP) is 4.68. The maximum atomic E-state index is 13.2. The second kappa shape index (κ2) is 11.8. The third kappa shape index (κ3) is 6.26. The predicted molar refractivity (Wildman–Crippen MR) is 146 cm³/mol. The van der Waals surface area contributed by atoms with E-state index in [2.05, 4.69) is 52.6 Å². The minimum absolute atomic E-state index is 0.106. The zero-order valence-corrected chi connectivity index (χ0v) is 21.7. The van der Waals surface area contributed by atoms with Crippen LogP contribution in [-0.4, -0.2) is 56.9 Å². The van der Waals surface area contributed by atoms with Gasteiger partial charge in [-0.05, 0) is 48.4 Å². The van der Waals surface area contributed by atoms with Crippen LogP contribution in [0.3, 0.4) is 0 Å². The first-order chi connectivity index (χ1) is 17.0. The van der Waals surface area contributed by atoms with E-state index in [1.54, 1.807) is 0 Å². The van der Waals surface area contributed by atoms with Gasteiger partial charge in [0.2, 0.25) is 5.95 Å². The number of nitrogens with zero attached hydrogens (tertiary/aromatic N) is 4. The maximum Gasteiger partial charge on any atom is 0.276 e. The van der Waals surface area contributed by atoms with Crippen LogP contribution in [0.1, 0.15) is 56.7 Å². The quantitative estimate of drug-likeness (QED) is 0.534. The molecule has 1 saturated carbocycles. The SMILES string of the molecule is C=C(CCC)c1nc(N(Cc2cccc(N3CCOCC3)c2)CC2CCCC2)[nH]c(=O)c1N(C)C. The van der Waals surface area contributed by atoms with Crippen molar-refractivity contribution >= 4 is 22.9 Å². The van der Waals surface area contributed by atoms with Crippen LogP contribution in [-0.2, 0) is 11.3 Å². The minimum atomic E-state index is -0.106. The molecule has 1 aliphatic heterocycles. The fourth-order valence-electron chi connectivity index (χ4n) is 5.31. The van der Waals surface area contributed by atoms with Gasteiger partial charge in [-0.15, -0.1) is 0 Å². The van der Waals surface area contributed by atoms with Crippen LogP contribution >= 0.6 is 0 Å². The number of H-pyrrole nitrogens is 1. The van der Waals surface area contributed by atoms with Gasteiger partial charge in [-0.3, -0.25) is 9.78 Å². The van der Waals surface area contributed by atoms with E-state index >= 15 is 0 Å². The molecule has 2 heterocycles. The summed E-state index contributed by atoms with van der Waals surface area (Å²) >= 11 is 0. The highest BCUT2D eigenvalue weighted by molar-refractivity contribution is 5.73. The fourth-order valence-corrected chi connectivity index (χ4v) is 5.31. The lowest BCUT2D eigenvalue weighted by Crippen LogP contribution is -2.36. The average Bonchev–Trinajstić information content (AvgIpc) is 3.37. The topological polar surface area (TPSA) is 64.7 Å². The van der Waals surface area contributed by atoms with Gasteiger partial charge in [0, 0.05) is 46.0 Å². The molecule has 0 amide bonds. The number of nitrogens with one attached hydrogen (secondary N) is 1. The normalized spacial score (nSPS) is 16.5. The van der Waals surface area contributed by atoms with Crippen molar-refractivity contribution in [3.8, 4) is 0 Å². The smallest absolute Gasteiger partial charge is 0.276 e. The second-order valence-corrected chi connectivity index (χ2v) is 10.1. The highest BCUT2D eigenvalue weighted by Gasteiger charge is 2.23. The Labute approximate surface area is 209 Å². The summed E-state index contributed by atoms with van der Waals surface area (Å²) in [7, 11) is 3.78. The van der Waals surface area contributed by atoms with Crippen LogP contribution in [0.4, 0.5) is 17.3 Å². The molecule has 2 aromatic rings. The third-order valence-corrected chi connectivity index (χ3v) is 7.13. The molecule has 4 rings (SSSR count). The van der Waals surface area contributed by atoms with Crippen molar-refractivity contribution in [1.29, 1.82) is 0 Å². The number of rotatable bonds is 10. The molecule has 0 bridgehead atoms. The third-order valence-electron chi connectivity index (χ3n) is 7.13. The van der Waals surface area contributed by atoms with Gasteiger partial charge in [-0.1, -0.05) is 44.9 Å². The van der Waals surface area contributed by atoms with Crippen molar-refractivity contribution in [3.05, 3.63) is 52.5 Å². The number of aromatic nitrogens is 2. The Morgan fingerprint density at radius 1 is 1.23 bits per heavy atom. The standard InChI is InChI=1S/C28H41N5O2/c1-5-9-21(2)25-26(31(3)4)27(34)30-28(29-25)33(19-22-10-6-7-11-22)20-23-12-8-13-24(18-23)32-14-16-35-17-15-32/h8,12-13,18,22H,2,5-7,9-11,14-17,19-20H2,1,3-4H3,(H,29,30,34). The van der Waals surface area contributed by atoms with Gasteiger partial charge in [0.25, 0.3) is 5.56 Å². The zero-order chi connectivity index (χ0) is 24.8. The van der Waals surface area contributed by atoms with Gasteiger partial charge >= 0.3 is 0 Å². The maximum absolute atomic E-state index is 13.2. The molecule has 0 atom stereocenters. The molecule has 0 radical (unpaired) electrons. The van der Waals surface area contributed by atoms with Crippen LogP contribution in [0, 0.1) is 5.92 Å². The summed E-state index contributed by atoms with van der Waals surface area (Å²) in [5, 5.41) is 0. The first-order valence-corrected chi connectivity index (χ1v) is 13.1. The van der Waals surface area contributed by atoms with E-state index in [9.17, 15) is 4.79 Å². The number of benzene rings is 1. The number of aromatic amines is 1. The van der Waals surface area contributed by atoms with Gasteiger partial charge in [-0.2, -0.15) is 0 Å². The van der Waals surface area contributed by atoms with Crippen molar-refractivity contribution in [2.75, 3.05) is 61.6 Å². The Balaban J connectivity index is 1.67. The van der Waals surface area contributed by atoms with Crippen molar-refractivity contribution in [2.24, 2.45) is 5.92 Å². The van der Waals surface area contributed by atoms with E-state index in [-0.39, 0.29) is 5.56 Å². The number of morpholine rings is 1. The second-order valence-electron chi connectivity index (χ2n) is 10.1. The fraction of sp³-hybridized carbons (Fsp3) is 0.571. The lowest BCUT2D eigenvalue weighted by Gasteiger charge is -2.30. The summed E-state index contributed by atoms with van der Waals surface area (Å²) in [6.45, 7) is 11.4. The molecular formula is C28H41N5O2. The average molecular weight is 480 g/mol. The van der Waals surface area contributed by atoms with E-state index in [0.717, 1.165) is 51.3 Å². The summed E-state index contributed by atoms with van der Waals surface area (Å²) in [5.74, 6) is 1.27. The Kier molecular flexibility index (Phi) is 8.50. The van der Waals surface area contributed by atoms with Crippen molar-refractivity contribution < 1.29 is 4.74 Å². The molecule has 190 valence electrons. The van der Waals surface area contributed by atoms with Crippen LogP contribution in [0.2, 0.25) is 0 Å². The van der Waals surface area contributed by atoms with E-state index in [1.165, 1.54) is 36.9 Å². The lowest BCUT2D eigenvalue weighted by molar-refractivity contribution is 0.122. The summed E-state index contributed by atoms with van der Waals surface area (Å²) in [6.07, 6.45) is 6.83. The van der Waals surface area contributed by atoms with Gasteiger partial charge < -0.3 is 19.4 Å². The van der Waals surface area contributed by atoms with Crippen LogP contribution in [0.5, 0.6) is 0 Å². The molecule has 2 fully saturated rings. The number of anilines is 3. The van der Waals surface area contributed by atoms with Crippen molar-refractivity contribution in [1.82, 2.24) is 9.97 Å². The van der Waals surface area contributed by atoms with E-state index in [4.69, 9.17) is 9.72 Å². The van der Waals surface area contributed by atoms with Crippen LogP contribution in [0.25, 0.3) is 5.57 Å². The van der Waals surface area contributed by atoms with Gasteiger partial charge in [0.1, 0.15) is 5.69 Å². The monoisotopic (exact) mass is 479 g/mol. The number of allylic oxidation sites excluding steroid dienone is 1. The first-order valence-electron chi connectivity index (χ1n) is 13.1. The van der Waals surface area contributed by atoms with Crippen molar-refractivity contribution in [2.45, 2.75) is 52.0 Å². The Morgan fingerprint density at radius 3 is 2.66 bits per heavy atom. The lowest BCUT2D eigenvalue weighted by atomic mass is 10.1.